The smallest absolute Gasteiger partial charge is 0.0862 e. The molecular weight excluding hydrogens is 286 g/mol. The second kappa shape index (κ2) is 6.85. The summed E-state index contributed by atoms with van der Waals surface area (Å²) in [6.45, 7) is 6.80. The predicted molar refractivity (Wildman–Crippen MR) is 92.3 cm³/mol. The van der Waals surface area contributed by atoms with Gasteiger partial charge < -0.3 is 5.11 Å². The van der Waals surface area contributed by atoms with Gasteiger partial charge >= 0.3 is 0 Å². The number of nitrogens with zero attached hydrogens (tertiary/aromatic N) is 3. The fourth-order valence-electron chi connectivity index (χ4n) is 3.67. The van der Waals surface area contributed by atoms with Crippen LogP contribution < -0.4 is 0 Å². The standard InChI is InChI=1S/C19H27N3O/c1-16-5-7-17(8-6-16)13-19(2)9-3-11-21(19)14-18(23)15-22-12-4-10-20-22/h4-8,10,12,18,23H,3,9,11,13-15H2,1-2H3. The first-order chi connectivity index (χ1) is 11.0. The minimum Gasteiger partial charge on any atom is -0.390 e. The lowest BCUT2D eigenvalue weighted by molar-refractivity contribution is 0.0585. The van der Waals surface area contributed by atoms with Crippen LogP contribution in [0.5, 0.6) is 0 Å². The molecule has 1 aliphatic heterocycles. The van der Waals surface area contributed by atoms with Gasteiger partial charge in [0.15, 0.2) is 0 Å². The van der Waals surface area contributed by atoms with Gasteiger partial charge in [0.2, 0.25) is 0 Å². The minimum atomic E-state index is -0.384. The molecule has 0 spiro atoms. The molecular formula is C19H27N3O. The highest BCUT2D eigenvalue weighted by atomic mass is 16.3. The Bertz CT molecular complexity index is 608. The van der Waals surface area contributed by atoms with Crippen molar-refractivity contribution in [2.45, 2.75) is 51.3 Å². The van der Waals surface area contributed by atoms with E-state index in [9.17, 15) is 5.11 Å². The van der Waals surface area contributed by atoms with Crippen LogP contribution in [0.2, 0.25) is 0 Å². The number of β-amino-alcohol motifs (C(OH)–C–C–N with tert-alkyl or cyclic N) is 1. The third-order valence-corrected chi connectivity index (χ3v) is 5.00. The van der Waals surface area contributed by atoms with Crippen LogP contribution in [0.4, 0.5) is 0 Å². The summed E-state index contributed by atoms with van der Waals surface area (Å²) in [5.41, 5.74) is 2.82. The zero-order chi connectivity index (χ0) is 16.3. The summed E-state index contributed by atoms with van der Waals surface area (Å²) < 4.78 is 1.80. The van der Waals surface area contributed by atoms with E-state index in [4.69, 9.17) is 0 Å². The normalized spacial score (nSPS) is 23.3. The van der Waals surface area contributed by atoms with Crippen LogP contribution in [0.25, 0.3) is 0 Å². The van der Waals surface area contributed by atoms with E-state index in [1.54, 1.807) is 10.9 Å². The number of aliphatic hydroxyl groups is 1. The van der Waals surface area contributed by atoms with E-state index >= 15 is 0 Å². The van der Waals surface area contributed by atoms with Crippen molar-refractivity contribution in [3.8, 4) is 0 Å². The average Bonchev–Trinajstić information content (AvgIpc) is 3.13. The van der Waals surface area contributed by atoms with E-state index in [0.717, 1.165) is 13.0 Å². The number of likely N-dealkylation sites (tertiary alicyclic amines) is 1. The highest BCUT2D eigenvalue weighted by Gasteiger charge is 2.37. The molecule has 0 saturated carbocycles. The van der Waals surface area contributed by atoms with Crippen molar-refractivity contribution >= 4 is 0 Å². The molecule has 1 aliphatic rings. The maximum absolute atomic E-state index is 10.4. The molecule has 0 bridgehead atoms. The first-order valence-electron chi connectivity index (χ1n) is 8.51. The predicted octanol–water partition coefficient (Wildman–Crippen LogP) is 2.65. The summed E-state index contributed by atoms with van der Waals surface area (Å²) in [4.78, 5) is 2.46. The molecule has 0 aliphatic carbocycles. The van der Waals surface area contributed by atoms with E-state index in [1.807, 2.05) is 12.3 Å². The van der Waals surface area contributed by atoms with Crippen molar-refractivity contribution in [2.24, 2.45) is 0 Å². The number of hydrogen-bond acceptors (Lipinski definition) is 3. The fraction of sp³-hybridized carbons (Fsp3) is 0.526. The monoisotopic (exact) mass is 313 g/mol. The fourth-order valence-corrected chi connectivity index (χ4v) is 3.67. The zero-order valence-corrected chi connectivity index (χ0v) is 14.2. The van der Waals surface area contributed by atoms with E-state index in [-0.39, 0.29) is 11.6 Å². The number of rotatable bonds is 6. The van der Waals surface area contributed by atoms with Gasteiger partial charge in [-0.25, -0.2) is 0 Å². The Hall–Kier alpha value is -1.65. The topological polar surface area (TPSA) is 41.3 Å². The molecule has 3 rings (SSSR count). The van der Waals surface area contributed by atoms with Gasteiger partial charge in [0.1, 0.15) is 0 Å². The number of aliphatic hydroxyl groups excluding tert-OH is 1. The number of hydrogen-bond donors (Lipinski definition) is 1. The average molecular weight is 313 g/mol. The molecule has 0 amide bonds. The number of benzene rings is 1. The van der Waals surface area contributed by atoms with Gasteiger partial charge in [-0.2, -0.15) is 5.10 Å². The molecule has 1 fully saturated rings. The van der Waals surface area contributed by atoms with Gasteiger partial charge in [0, 0.05) is 24.5 Å². The Labute approximate surface area is 138 Å². The number of aromatic nitrogens is 2. The number of aryl methyl sites for hydroxylation is 1. The van der Waals surface area contributed by atoms with E-state index in [2.05, 4.69) is 48.1 Å². The Morgan fingerprint density at radius 1 is 1.26 bits per heavy atom. The summed E-state index contributed by atoms with van der Waals surface area (Å²) in [5, 5.41) is 14.6. The van der Waals surface area contributed by atoms with Crippen molar-refractivity contribution in [2.75, 3.05) is 13.1 Å². The van der Waals surface area contributed by atoms with Crippen LogP contribution in [-0.4, -0.2) is 44.5 Å². The molecule has 1 aromatic heterocycles. The third-order valence-electron chi connectivity index (χ3n) is 5.00. The van der Waals surface area contributed by atoms with E-state index < -0.39 is 0 Å². The maximum Gasteiger partial charge on any atom is 0.0862 e. The summed E-state index contributed by atoms with van der Waals surface area (Å²) >= 11 is 0. The molecule has 4 nitrogen and oxygen atoms in total. The van der Waals surface area contributed by atoms with Crippen LogP contribution in [0.1, 0.15) is 30.9 Å². The van der Waals surface area contributed by atoms with Crippen LogP contribution in [0.3, 0.4) is 0 Å². The molecule has 1 N–H and O–H groups in total. The first kappa shape index (κ1) is 16.2. The van der Waals surface area contributed by atoms with Crippen molar-refractivity contribution in [1.29, 1.82) is 0 Å². The van der Waals surface area contributed by atoms with Crippen LogP contribution in [0, 0.1) is 6.92 Å². The Balaban J connectivity index is 1.62. The lowest BCUT2D eigenvalue weighted by atomic mass is 9.89. The van der Waals surface area contributed by atoms with Gasteiger partial charge in [-0.05, 0) is 51.3 Å². The van der Waals surface area contributed by atoms with Gasteiger partial charge in [-0.15, -0.1) is 0 Å². The second-order valence-corrected chi connectivity index (χ2v) is 7.09. The third kappa shape index (κ3) is 4.01. The Kier molecular flexibility index (Phi) is 4.83. The van der Waals surface area contributed by atoms with Crippen molar-refractivity contribution in [3.63, 3.8) is 0 Å². The largest absolute Gasteiger partial charge is 0.390 e. The Morgan fingerprint density at radius 3 is 2.74 bits per heavy atom. The molecule has 23 heavy (non-hydrogen) atoms. The molecule has 2 heterocycles. The van der Waals surface area contributed by atoms with E-state index in [0.29, 0.717) is 13.1 Å². The van der Waals surface area contributed by atoms with Crippen molar-refractivity contribution in [1.82, 2.24) is 14.7 Å². The first-order valence-corrected chi connectivity index (χ1v) is 8.51. The molecule has 2 aromatic rings. The molecule has 0 radical (unpaired) electrons. The molecule has 2 unspecified atom stereocenters. The second-order valence-electron chi connectivity index (χ2n) is 7.09. The summed E-state index contributed by atoms with van der Waals surface area (Å²) in [5.74, 6) is 0. The van der Waals surface area contributed by atoms with Crippen LogP contribution in [-0.2, 0) is 13.0 Å². The molecule has 2 atom stereocenters. The van der Waals surface area contributed by atoms with Gasteiger partial charge in [-0.3, -0.25) is 9.58 Å². The molecule has 4 heteroatoms. The molecule has 1 saturated heterocycles. The minimum absolute atomic E-state index is 0.139. The van der Waals surface area contributed by atoms with Crippen LogP contribution in [0.15, 0.2) is 42.7 Å². The molecule has 1 aromatic carbocycles. The van der Waals surface area contributed by atoms with Gasteiger partial charge in [-0.1, -0.05) is 29.8 Å². The summed E-state index contributed by atoms with van der Waals surface area (Å²) in [6.07, 6.45) is 6.71. The lowest BCUT2D eigenvalue weighted by Gasteiger charge is -2.37. The maximum atomic E-state index is 10.4. The zero-order valence-electron chi connectivity index (χ0n) is 14.2. The Morgan fingerprint density at radius 2 is 2.04 bits per heavy atom. The highest BCUT2D eigenvalue weighted by Crippen LogP contribution is 2.32. The summed E-state index contributed by atoms with van der Waals surface area (Å²) in [7, 11) is 0. The SMILES string of the molecule is Cc1ccc(CC2(C)CCCN2CC(O)Cn2cccn2)cc1. The quantitative estimate of drug-likeness (QED) is 0.891. The summed E-state index contributed by atoms with van der Waals surface area (Å²) in [6, 6.07) is 10.7. The highest BCUT2D eigenvalue weighted by molar-refractivity contribution is 5.23. The lowest BCUT2D eigenvalue weighted by Crippen LogP contribution is -2.47. The van der Waals surface area contributed by atoms with Crippen molar-refractivity contribution < 1.29 is 5.11 Å². The van der Waals surface area contributed by atoms with Gasteiger partial charge in [0.05, 0.1) is 12.6 Å². The van der Waals surface area contributed by atoms with E-state index in [1.165, 1.54) is 24.0 Å². The molecule has 124 valence electrons. The van der Waals surface area contributed by atoms with Crippen molar-refractivity contribution in [3.05, 3.63) is 53.9 Å². The van der Waals surface area contributed by atoms with Gasteiger partial charge in [0.25, 0.3) is 0 Å². The van der Waals surface area contributed by atoms with Crippen LogP contribution >= 0.6 is 0 Å².